The quantitative estimate of drug-likeness (QED) is 0.549. The lowest BCUT2D eigenvalue weighted by Crippen LogP contribution is -2.56. The van der Waals surface area contributed by atoms with Crippen molar-refractivity contribution in [1.82, 2.24) is 24.4 Å². The number of amides is 2. The summed E-state index contributed by atoms with van der Waals surface area (Å²) in [7, 11) is 0. The molecule has 2 saturated heterocycles. The maximum atomic E-state index is 13.7. The Morgan fingerprint density at radius 3 is 2.19 bits per heavy atom. The van der Waals surface area contributed by atoms with E-state index in [1.807, 2.05) is 13.0 Å². The first-order valence-corrected chi connectivity index (χ1v) is 11.4. The maximum absolute atomic E-state index is 13.7. The van der Waals surface area contributed by atoms with E-state index in [4.69, 9.17) is 0 Å². The van der Waals surface area contributed by atoms with E-state index in [2.05, 4.69) is 14.8 Å². The zero-order valence-electron chi connectivity index (χ0n) is 19.8. The number of halogens is 6. The Labute approximate surface area is 202 Å². The molecule has 2 aliphatic heterocycles. The Hall–Kier alpha value is -3.06. The van der Waals surface area contributed by atoms with E-state index in [0.717, 1.165) is 10.6 Å². The van der Waals surface area contributed by atoms with Gasteiger partial charge in [0, 0.05) is 36.6 Å². The molecule has 0 radical (unpaired) electrons. The van der Waals surface area contributed by atoms with Crippen LogP contribution in [0.1, 0.15) is 53.1 Å². The highest BCUT2D eigenvalue weighted by molar-refractivity contribution is 6.01. The van der Waals surface area contributed by atoms with Gasteiger partial charge in [-0.1, -0.05) is 0 Å². The molecule has 2 fully saturated rings. The molecule has 0 bridgehead atoms. The second-order valence-corrected chi connectivity index (χ2v) is 9.35. The molecule has 0 unspecified atom stereocenters. The van der Waals surface area contributed by atoms with Crippen LogP contribution >= 0.6 is 0 Å². The van der Waals surface area contributed by atoms with Crippen molar-refractivity contribution < 1.29 is 40.7 Å². The van der Waals surface area contributed by atoms with Gasteiger partial charge in [0.15, 0.2) is 5.65 Å². The highest BCUT2D eigenvalue weighted by Crippen LogP contribution is 2.41. The summed E-state index contributed by atoms with van der Waals surface area (Å²) in [6, 6.07) is 1.84. The molecule has 2 amide bonds. The van der Waals surface area contributed by atoms with E-state index >= 15 is 0 Å². The second-order valence-electron chi connectivity index (χ2n) is 9.35. The van der Waals surface area contributed by atoms with Crippen molar-refractivity contribution in [3.8, 4) is 0 Å². The van der Waals surface area contributed by atoms with Gasteiger partial charge in [0.1, 0.15) is 5.56 Å². The Morgan fingerprint density at radius 2 is 1.61 bits per heavy atom. The van der Waals surface area contributed by atoms with Gasteiger partial charge < -0.3 is 14.5 Å². The Bertz CT molecular complexity index is 1170. The number of nitrogens with zero attached hydrogens (tertiary/aromatic N) is 5. The zero-order valence-corrected chi connectivity index (χ0v) is 19.8. The first-order valence-electron chi connectivity index (χ1n) is 11.4. The minimum Gasteiger partial charge on any atom is -0.426 e. The van der Waals surface area contributed by atoms with Gasteiger partial charge in [-0.25, -0.2) is 14.3 Å². The van der Waals surface area contributed by atoms with Crippen LogP contribution in [-0.4, -0.2) is 80.0 Å². The Morgan fingerprint density at radius 1 is 1.00 bits per heavy atom. The molecule has 2 aromatic heterocycles. The van der Waals surface area contributed by atoms with Crippen molar-refractivity contribution in [3.05, 3.63) is 28.7 Å². The summed E-state index contributed by atoms with van der Waals surface area (Å²) in [5, 5.41) is 4.44. The molecule has 0 aliphatic carbocycles. The SMILES string of the molecule is Cc1cc(C)n2nc(C)c(C(=O)N3CCCC34CCN(C(=O)OC(C(F)(F)F)C(F)(F)F)CC4)c2n1. The lowest BCUT2D eigenvalue weighted by Gasteiger charge is -2.44. The average molecular weight is 521 g/mol. The number of ether oxygens (including phenoxy) is 1. The fourth-order valence-electron chi connectivity index (χ4n) is 5.19. The van der Waals surface area contributed by atoms with Gasteiger partial charge in [-0.05, 0) is 52.5 Å². The number of hydrogen-bond acceptors (Lipinski definition) is 5. The Kier molecular flexibility index (Phi) is 6.36. The zero-order chi connectivity index (χ0) is 26.6. The van der Waals surface area contributed by atoms with Gasteiger partial charge in [-0.15, -0.1) is 0 Å². The van der Waals surface area contributed by atoms with Crippen LogP contribution in [0.2, 0.25) is 0 Å². The lowest BCUT2D eigenvalue weighted by atomic mass is 9.84. The van der Waals surface area contributed by atoms with E-state index in [0.29, 0.717) is 42.0 Å². The van der Waals surface area contributed by atoms with Crippen LogP contribution in [-0.2, 0) is 4.74 Å². The molecule has 0 N–H and O–H groups in total. The van der Waals surface area contributed by atoms with Crippen LogP contribution in [0.5, 0.6) is 0 Å². The van der Waals surface area contributed by atoms with Gasteiger partial charge in [0.25, 0.3) is 12.0 Å². The molecule has 2 aliphatic rings. The van der Waals surface area contributed by atoms with Crippen LogP contribution in [0, 0.1) is 20.8 Å². The third kappa shape index (κ3) is 4.57. The Balaban J connectivity index is 1.52. The molecule has 0 aromatic carbocycles. The molecule has 8 nitrogen and oxygen atoms in total. The fourth-order valence-corrected chi connectivity index (χ4v) is 5.19. The van der Waals surface area contributed by atoms with Crippen LogP contribution in [0.15, 0.2) is 6.07 Å². The van der Waals surface area contributed by atoms with E-state index in [9.17, 15) is 35.9 Å². The third-order valence-electron chi connectivity index (χ3n) is 6.89. The molecule has 36 heavy (non-hydrogen) atoms. The number of carbonyl (C=O) groups is 2. The van der Waals surface area contributed by atoms with E-state index < -0.39 is 30.1 Å². The largest absolute Gasteiger partial charge is 0.434 e. The number of aromatic nitrogens is 3. The van der Waals surface area contributed by atoms with Crippen LogP contribution < -0.4 is 0 Å². The molecule has 14 heteroatoms. The minimum atomic E-state index is -5.78. The number of hydrogen-bond donors (Lipinski definition) is 0. The molecule has 0 atom stereocenters. The number of piperidine rings is 1. The molecule has 4 heterocycles. The minimum absolute atomic E-state index is 0.144. The number of alkyl halides is 6. The highest BCUT2D eigenvalue weighted by Gasteiger charge is 2.60. The lowest BCUT2D eigenvalue weighted by molar-refractivity contribution is -0.308. The van der Waals surface area contributed by atoms with Crippen molar-refractivity contribution in [3.63, 3.8) is 0 Å². The topological polar surface area (TPSA) is 80.0 Å². The van der Waals surface area contributed by atoms with Gasteiger partial charge in [-0.2, -0.15) is 31.4 Å². The van der Waals surface area contributed by atoms with Crippen LogP contribution in [0.3, 0.4) is 0 Å². The summed E-state index contributed by atoms with van der Waals surface area (Å²) >= 11 is 0. The smallest absolute Gasteiger partial charge is 0.426 e. The summed E-state index contributed by atoms with van der Waals surface area (Å²) in [5.41, 5.74) is 2.11. The van der Waals surface area contributed by atoms with Crippen molar-refractivity contribution in [2.24, 2.45) is 0 Å². The molecule has 198 valence electrons. The van der Waals surface area contributed by atoms with Crippen LogP contribution in [0.4, 0.5) is 31.1 Å². The fraction of sp³-hybridized carbons (Fsp3) is 0.636. The molecular formula is C22H25F6N5O3. The summed E-state index contributed by atoms with van der Waals surface area (Å²) in [4.78, 5) is 32.9. The van der Waals surface area contributed by atoms with Crippen LogP contribution in [0.25, 0.3) is 5.65 Å². The third-order valence-corrected chi connectivity index (χ3v) is 6.89. The van der Waals surface area contributed by atoms with Crippen molar-refractivity contribution in [2.75, 3.05) is 19.6 Å². The second kappa shape index (κ2) is 8.80. The summed E-state index contributed by atoms with van der Waals surface area (Å²) in [5.74, 6) is -0.289. The van der Waals surface area contributed by atoms with Crippen molar-refractivity contribution in [1.29, 1.82) is 0 Å². The first kappa shape index (κ1) is 26.0. The monoisotopic (exact) mass is 521 g/mol. The number of likely N-dealkylation sites (tertiary alicyclic amines) is 2. The normalized spacial score (nSPS) is 18.5. The van der Waals surface area contributed by atoms with Crippen molar-refractivity contribution in [2.45, 2.75) is 70.4 Å². The molecule has 1 spiro atoms. The first-order chi connectivity index (χ1) is 16.6. The predicted molar refractivity (Wildman–Crippen MR) is 113 cm³/mol. The molecular weight excluding hydrogens is 496 g/mol. The van der Waals surface area contributed by atoms with Gasteiger partial charge in [-0.3, -0.25) is 4.79 Å². The standard InChI is InChI=1S/C22H25F6N5O3/c1-12-11-13(2)33-16(29-12)15(14(3)30-33)17(34)32-8-4-5-20(32)6-9-31(10-7-20)19(35)36-18(21(23,24)25)22(26,27)28/h11,18H,4-10H2,1-3H3. The number of carbonyl (C=O) groups excluding carboxylic acids is 2. The van der Waals surface area contributed by atoms with E-state index in [-0.39, 0.29) is 31.8 Å². The van der Waals surface area contributed by atoms with Crippen molar-refractivity contribution >= 4 is 17.6 Å². The molecule has 0 saturated carbocycles. The number of fused-ring (bicyclic) bond motifs is 1. The van der Waals surface area contributed by atoms with Gasteiger partial charge >= 0.3 is 18.4 Å². The average Bonchev–Trinajstić information content (AvgIpc) is 3.31. The summed E-state index contributed by atoms with van der Waals surface area (Å²) in [6.07, 6.45) is -15.8. The molecule has 4 rings (SSSR count). The highest BCUT2D eigenvalue weighted by atomic mass is 19.4. The van der Waals surface area contributed by atoms with Gasteiger partial charge in [0.05, 0.1) is 5.69 Å². The number of aryl methyl sites for hydroxylation is 3. The van der Waals surface area contributed by atoms with E-state index in [1.165, 1.54) is 0 Å². The predicted octanol–water partition coefficient (Wildman–Crippen LogP) is 4.35. The molecule has 2 aromatic rings. The summed E-state index contributed by atoms with van der Waals surface area (Å²) < 4.78 is 82.1. The van der Waals surface area contributed by atoms with Gasteiger partial charge in [0.2, 0.25) is 0 Å². The summed E-state index contributed by atoms with van der Waals surface area (Å²) in [6.45, 7) is 5.49. The van der Waals surface area contributed by atoms with E-state index in [1.54, 1.807) is 23.3 Å². The maximum Gasteiger partial charge on any atom is 0.434 e. The number of rotatable bonds is 2.